The van der Waals surface area contributed by atoms with E-state index in [2.05, 4.69) is 10.6 Å². The predicted octanol–water partition coefficient (Wildman–Crippen LogP) is 3.62. The highest BCUT2D eigenvalue weighted by atomic mass is 16.5. The number of hydrogen-bond donors (Lipinski definition) is 2. The number of para-hydroxylation sites is 3. The number of rotatable bonds is 7. The Labute approximate surface area is 192 Å². The normalized spacial score (nSPS) is 15.2. The van der Waals surface area contributed by atoms with Crippen LogP contribution in [0, 0.1) is 5.92 Å². The number of methoxy groups -OCH3 is 1. The van der Waals surface area contributed by atoms with Gasteiger partial charge in [-0.25, -0.2) is 0 Å². The molecule has 3 aromatic rings. The molecule has 7 nitrogen and oxygen atoms in total. The number of carbonyl (C=O) groups is 3. The van der Waals surface area contributed by atoms with Gasteiger partial charge in [0.05, 0.1) is 24.3 Å². The van der Waals surface area contributed by atoms with Gasteiger partial charge in [0.15, 0.2) is 0 Å². The van der Waals surface area contributed by atoms with Crippen molar-refractivity contribution in [2.24, 2.45) is 5.92 Å². The maximum absolute atomic E-state index is 12.9. The van der Waals surface area contributed by atoms with Gasteiger partial charge < -0.3 is 20.3 Å². The first-order chi connectivity index (χ1) is 16.1. The average Bonchev–Trinajstić information content (AvgIpc) is 3.25. The van der Waals surface area contributed by atoms with Crippen LogP contribution >= 0.6 is 0 Å². The number of benzene rings is 3. The van der Waals surface area contributed by atoms with Crippen LogP contribution < -0.4 is 20.3 Å². The number of ether oxygens (including phenoxy) is 1. The van der Waals surface area contributed by atoms with Crippen molar-refractivity contribution in [2.45, 2.75) is 13.0 Å². The van der Waals surface area contributed by atoms with Gasteiger partial charge in [-0.2, -0.15) is 0 Å². The monoisotopic (exact) mass is 443 g/mol. The van der Waals surface area contributed by atoms with E-state index in [1.807, 2.05) is 54.6 Å². The average molecular weight is 444 g/mol. The van der Waals surface area contributed by atoms with Gasteiger partial charge in [-0.05, 0) is 30.3 Å². The highest BCUT2D eigenvalue weighted by Gasteiger charge is 2.35. The molecule has 1 fully saturated rings. The van der Waals surface area contributed by atoms with Crippen LogP contribution in [0.15, 0.2) is 78.9 Å². The molecule has 1 aliphatic heterocycles. The van der Waals surface area contributed by atoms with Crippen molar-refractivity contribution in [2.75, 3.05) is 23.9 Å². The van der Waals surface area contributed by atoms with E-state index < -0.39 is 5.92 Å². The Bertz CT molecular complexity index is 1160. The van der Waals surface area contributed by atoms with Gasteiger partial charge in [-0.15, -0.1) is 0 Å². The lowest BCUT2D eigenvalue weighted by Gasteiger charge is -2.17. The zero-order chi connectivity index (χ0) is 23.2. The molecule has 0 aliphatic carbocycles. The summed E-state index contributed by atoms with van der Waals surface area (Å²) in [5.74, 6) is -0.503. The Balaban J connectivity index is 1.42. The van der Waals surface area contributed by atoms with Gasteiger partial charge in [0.25, 0.3) is 5.91 Å². The summed E-state index contributed by atoms with van der Waals surface area (Å²) in [6.45, 7) is 0.588. The molecule has 3 aromatic carbocycles. The third kappa shape index (κ3) is 5.03. The quantitative estimate of drug-likeness (QED) is 0.584. The Kier molecular flexibility index (Phi) is 6.69. The fourth-order valence-electron chi connectivity index (χ4n) is 3.89. The highest BCUT2D eigenvalue weighted by Crippen LogP contribution is 2.26. The van der Waals surface area contributed by atoms with E-state index in [1.165, 1.54) is 0 Å². The van der Waals surface area contributed by atoms with Crippen molar-refractivity contribution in [1.82, 2.24) is 5.32 Å². The van der Waals surface area contributed by atoms with Crippen molar-refractivity contribution in [3.05, 3.63) is 90.0 Å². The Morgan fingerprint density at radius 3 is 2.45 bits per heavy atom. The van der Waals surface area contributed by atoms with E-state index in [-0.39, 0.29) is 30.7 Å². The molecule has 1 heterocycles. The van der Waals surface area contributed by atoms with Crippen LogP contribution in [0.3, 0.4) is 0 Å². The molecule has 0 saturated carbocycles. The van der Waals surface area contributed by atoms with Crippen molar-refractivity contribution in [3.63, 3.8) is 0 Å². The number of nitrogens with one attached hydrogen (secondary N) is 2. The maximum Gasteiger partial charge on any atom is 0.253 e. The van der Waals surface area contributed by atoms with Gasteiger partial charge in [0.1, 0.15) is 5.75 Å². The van der Waals surface area contributed by atoms with E-state index in [0.717, 1.165) is 11.3 Å². The molecule has 4 rings (SSSR count). The standard InChI is InChI=1S/C26H25N3O4/c1-33-23-14-8-5-9-18(23)16-27-26(32)21-12-6-7-13-22(21)28-25(31)19-15-24(30)29(17-19)20-10-3-2-4-11-20/h2-14,19H,15-17H2,1H3,(H,27,32)(H,28,31)/t19-/m0/s1. The third-order valence-electron chi connectivity index (χ3n) is 5.63. The first kappa shape index (κ1) is 22.1. The van der Waals surface area contributed by atoms with Gasteiger partial charge in [0, 0.05) is 30.8 Å². The Morgan fingerprint density at radius 2 is 1.67 bits per heavy atom. The zero-order valence-corrected chi connectivity index (χ0v) is 18.3. The summed E-state index contributed by atoms with van der Waals surface area (Å²) in [6.07, 6.45) is 0.128. The van der Waals surface area contributed by atoms with Crippen molar-refractivity contribution in [3.8, 4) is 5.75 Å². The second-order valence-electron chi connectivity index (χ2n) is 7.77. The molecular weight excluding hydrogens is 418 g/mol. The van der Waals surface area contributed by atoms with E-state index in [9.17, 15) is 14.4 Å². The Morgan fingerprint density at radius 1 is 0.970 bits per heavy atom. The van der Waals surface area contributed by atoms with Crippen LogP contribution in [0.5, 0.6) is 5.75 Å². The van der Waals surface area contributed by atoms with Crippen molar-refractivity contribution >= 4 is 29.1 Å². The van der Waals surface area contributed by atoms with Gasteiger partial charge >= 0.3 is 0 Å². The molecule has 0 unspecified atom stereocenters. The Hall–Kier alpha value is -4.13. The van der Waals surface area contributed by atoms with E-state index in [0.29, 0.717) is 23.5 Å². The molecule has 7 heteroatoms. The number of nitrogens with zero attached hydrogens (tertiary/aromatic N) is 1. The largest absolute Gasteiger partial charge is 0.496 e. The number of carbonyl (C=O) groups excluding carboxylic acids is 3. The van der Waals surface area contributed by atoms with E-state index >= 15 is 0 Å². The lowest BCUT2D eigenvalue weighted by atomic mass is 10.1. The number of amides is 3. The first-order valence-corrected chi connectivity index (χ1v) is 10.7. The first-order valence-electron chi connectivity index (χ1n) is 10.7. The summed E-state index contributed by atoms with van der Waals surface area (Å²) in [5, 5.41) is 5.72. The molecule has 1 atom stereocenters. The van der Waals surface area contributed by atoms with Crippen LogP contribution in [0.2, 0.25) is 0 Å². The maximum atomic E-state index is 12.9. The van der Waals surface area contributed by atoms with Crippen molar-refractivity contribution < 1.29 is 19.1 Å². The van der Waals surface area contributed by atoms with Crippen LogP contribution in [0.1, 0.15) is 22.3 Å². The second kappa shape index (κ2) is 9.99. The SMILES string of the molecule is COc1ccccc1CNC(=O)c1ccccc1NC(=O)[C@H]1CC(=O)N(c2ccccc2)C1. The van der Waals surface area contributed by atoms with Crippen molar-refractivity contribution in [1.29, 1.82) is 0 Å². The summed E-state index contributed by atoms with van der Waals surface area (Å²) in [4.78, 5) is 39.9. The predicted molar refractivity (Wildman–Crippen MR) is 126 cm³/mol. The van der Waals surface area contributed by atoms with Crippen LogP contribution in [-0.4, -0.2) is 31.4 Å². The van der Waals surface area contributed by atoms with E-state index in [1.54, 1.807) is 36.3 Å². The zero-order valence-electron chi connectivity index (χ0n) is 18.3. The highest BCUT2D eigenvalue weighted by molar-refractivity contribution is 6.07. The number of hydrogen-bond acceptors (Lipinski definition) is 4. The molecule has 33 heavy (non-hydrogen) atoms. The molecule has 3 amide bonds. The molecular formula is C26H25N3O4. The second-order valence-corrected chi connectivity index (χ2v) is 7.77. The summed E-state index contributed by atoms with van der Waals surface area (Å²) < 4.78 is 5.33. The molecule has 0 aromatic heterocycles. The fourth-order valence-corrected chi connectivity index (χ4v) is 3.89. The third-order valence-corrected chi connectivity index (χ3v) is 5.63. The summed E-state index contributed by atoms with van der Waals surface area (Å²) in [5.41, 5.74) is 2.38. The minimum atomic E-state index is -0.498. The summed E-state index contributed by atoms with van der Waals surface area (Å²) in [6, 6.07) is 23.6. The van der Waals surface area contributed by atoms with Crippen LogP contribution in [-0.2, 0) is 16.1 Å². The minimum Gasteiger partial charge on any atom is -0.496 e. The fraction of sp³-hybridized carbons (Fsp3) is 0.192. The summed E-state index contributed by atoms with van der Waals surface area (Å²) in [7, 11) is 1.58. The van der Waals surface area contributed by atoms with Gasteiger partial charge in [-0.3, -0.25) is 14.4 Å². The molecule has 168 valence electrons. The molecule has 1 saturated heterocycles. The smallest absolute Gasteiger partial charge is 0.253 e. The molecule has 1 aliphatic rings. The molecule has 0 spiro atoms. The molecule has 0 radical (unpaired) electrons. The molecule has 0 bridgehead atoms. The van der Waals surface area contributed by atoms with Crippen LogP contribution in [0.25, 0.3) is 0 Å². The summed E-state index contributed by atoms with van der Waals surface area (Å²) >= 11 is 0. The van der Waals surface area contributed by atoms with Gasteiger partial charge in [0.2, 0.25) is 11.8 Å². The van der Waals surface area contributed by atoms with Crippen LogP contribution in [0.4, 0.5) is 11.4 Å². The minimum absolute atomic E-state index is 0.0933. The molecule has 2 N–H and O–H groups in total. The number of anilines is 2. The lowest BCUT2D eigenvalue weighted by Crippen LogP contribution is -2.29. The lowest BCUT2D eigenvalue weighted by molar-refractivity contribution is -0.122. The van der Waals surface area contributed by atoms with Gasteiger partial charge in [-0.1, -0.05) is 48.5 Å². The topological polar surface area (TPSA) is 87.7 Å². The van der Waals surface area contributed by atoms with E-state index in [4.69, 9.17) is 4.74 Å².